The first-order valence-corrected chi connectivity index (χ1v) is 6.05. The lowest BCUT2D eigenvalue weighted by molar-refractivity contribution is -0.142. The molecule has 0 saturated heterocycles. The first-order chi connectivity index (χ1) is 8.68. The number of aryl methyl sites for hydroxylation is 1. The van der Waals surface area contributed by atoms with Crippen molar-refractivity contribution in [2.24, 2.45) is 0 Å². The SMILES string of the molecule is O=C1OC(CCCCc2ccccc2)C(O)=C1O. The first kappa shape index (κ1) is 12.5. The predicted octanol–water partition coefficient (Wildman–Crippen LogP) is 2.65. The van der Waals surface area contributed by atoms with Crippen LogP contribution in [0.3, 0.4) is 0 Å². The van der Waals surface area contributed by atoms with Gasteiger partial charge in [-0.05, 0) is 31.2 Å². The third kappa shape index (κ3) is 2.83. The van der Waals surface area contributed by atoms with Crippen molar-refractivity contribution in [3.05, 3.63) is 47.4 Å². The number of unbranched alkanes of at least 4 members (excludes halogenated alkanes) is 1. The summed E-state index contributed by atoms with van der Waals surface area (Å²) >= 11 is 0. The molecule has 1 unspecified atom stereocenters. The van der Waals surface area contributed by atoms with Crippen LogP contribution in [0, 0.1) is 0 Å². The Hall–Kier alpha value is -1.97. The largest absolute Gasteiger partial charge is 0.505 e. The van der Waals surface area contributed by atoms with Gasteiger partial charge in [-0.3, -0.25) is 0 Å². The van der Waals surface area contributed by atoms with Gasteiger partial charge in [0, 0.05) is 0 Å². The number of aliphatic hydroxyl groups excluding tert-OH is 2. The molecule has 4 heteroatoms. The molecular weight excluding hydrogens is 232 g/mol. The highest BCUT2D eigenvalue weighted by Crippen LogP contribution is 2.23. The zero-order valence-electron chi connectivity index (χ0n) is 10.0. The molecule has 1 aliphatic heterocycles. The van der Waals surface area contributed by atoms with E-state index in [1.54, 1.807) is 0 Å². The van der Waals surface area contributed by atoms with Crippen LogP contribution in [0.25, 0.3) is 0 Å². The smallest absolute Gasteiger partial charge is 0.377 e. The Morgan fingerprint density at radius 1 is 1.11 bits per heavy atom. The summed E-state index contributed by atoms with van der Waals surface area (Å²) in [7, 11) is 0. The van der Waals surface area contributed by atoms with Gasteiger partial charge in [-0.2, -0.15) is 0 Å². The summed E-state index contributed by atoms with van der Waals surface area (Å²) < 4.78 is 4.83. The van der Waals surface area contributed by atoms with Gasteiger partial charge in [0.2, 0.25) is 5.76 Å². The Morgan fingerprint density at radius 2 is 1.83 bits per heavy atom. The van der Waals surface area contributed by atoms with E-state index in [4.69, 9.17) is 9.84 Å². The van der Waals surface area contributed by atoms with Gasteiger partial charge in [0.15, 0.2) is 11.9 Å². The number of carbonyl (C=O) groups excluding carboxylic acids is 1. The molecule has 1 aromatic carbocycles. The number of cyclic esters (lactones) is 1. The van der Waals surface area contributed by atoms with Crippen LogP contribution in [-0.2, 0) is 16.0 Å². The summed E-state index contributed by atoms with van der Waals surface area (Å²) in [4.78, 5) is 11.0. The minimum Gasteiger partial charge on any atom is -0.505 e. The molecule has 0 bridgehead atoms. The molecule has 0 aliphatic carbocycles. The zero-order chi connectivity index (χ0) is 13.0. The monoisotopic (exact) mass is 248 g/mol. The van der Waals surface area contributed by atoms with E-state index in [1.807, 2.05) is 18.2 Å². The first-order valence-electron chi connectivity index (χ1n) is 6.05. The molecule has 1 atom stereocenters. The van der Waals surface area contributed by atoms with E-state index in [9.17, 15) is 9.90 Å². The van der Waals surface area contributed by atoms with Crippen molar-refractivity contribution >= 4 is 5.97 Å². The third-order valence-corrected chi connectivity index (χ3v) is 3.01. The maximum atomic E-state index is 11.0. The molecule has 4 nitrogen and oxygen atoms in total. The van der Waals surface area contributed by atoms with Crippen LogP contribution < -0.4 is 0 Å². The zero-order valence-corrected chi connectivity index (χ0v) is 10.0. The molecule has 1 heterocycles. The van der Waals surface area contributed by atoms with E-state index in [-0.39, 0.29) is 5.76 Å². The minimum atomic E-state index is -0.833. The average molecular weight is 248 g/mol. The molecule has 0 saturated carbocycles. The number of esters is 1. The lowest BCUT2D eigenvalue weighted by atomic mass is 10.0. The highest BCUT2D eigenvalue weighted by Gasteiger charge is 2.33. The normalized spacial score (nSPS) is 19.1. The quantitative estimate of drug-likeness (QED) is 0.621. The number of rotatable bonds is 5. The molecule has 0 fully saturated rings. The summed E-state index contributed by atoms with van der Waals surface area (Å²) in [5, 5.41) is 18.6. The summed E-state index contributed by atoms with van der Waals surface area (Å²) in [6, 6.07) is 10.1. The lowest BCUT2D eigenvalue weighted by Crippen LogP contribution is -2.11. The Morgan fingerprint density at radius 3 is 2.44 bits per heavy atom. The fraction of sp³-hybridized carbons (Fsp3) is 0.357. The standard InChI is InChI=1S/C14H16O4/c15-12-11(18-14(17)13(12)16)9-5-4-8-10-6-2-1-3-7-10/h1-3,6-7,11,15-16H,4-5,8-9H2. The summed E-state index contributed by atoms with van der Waals surface area (Å²) in [6.45, 7) is 0. The van der Waals surface area contributed by atoms with Gasteiger partial charge in [-0.25, -0.2) is 4.79 Å². The Labute approximate surface area is 106 Å². The predicted molar refractivity (Wildman–Crippen MR) is 66.2 cm³/mol. The number of ether oxygens (including phenoxy) is 1. The molecule has 0 amide bonds. The molecular formula is C14H16O4. The van der Waals surface area contributed by atoms with E-state index in [0.717, 1.165) is 19.3 Å². The molecule has 1 aromatic rings. The Balaban J connectivity index is 1.73. The highest BCUT2D eigenvalue weighted by atomic mass is 16.6. The topological polar surface area (TPSA) is 66.8 Å². The molecule has 2 rings (SSSR count). The Kier molecular flexibility index (Phi) is 3.87. The van der Waals surface area contributed by atoms with Crippen molar-refractivity contribution in [1.29, 1.82) is 0 Å². The van der Waals surface area contributed by atoms with E-state index >= 15 is 0 Å². The van der Waals surface area contributed by atoms with Gasteiger partial charge >= 0.3 is 5.97 Å². The van der Waals surface area contributed by atoms with E-state index in [2.05, 4.69) is 12.1 Å². The minimum absolute atomic E-state index is 0.334. The highest BCUT2D eigenvalue weighted by molar-refractivity contribution is 5.88. The lowest BCUT2D eigenvalue weighted by Gasteiger charge is -2.09. The maximum absolute atomic E-state index is 11.0. The number of hydrogen-bond donors (Lipinski definition) is 2. The van der Waals surface area contributed by atoms with E-state index in [0.29, 0.717) is 6.42 Å². The third-order valence-electron chi connectivity index (χ3n) is 3.01. The van der Waals surface area contributed by atoms with Crippen molar-refractivity contribution in [2.45, 2.75) is 31.8 Å². The van der Waals surface area contributed by atoms with Gasteiger partial charge in [-0.1, -0.05) is 30.3 Å². The van der Waals surface area contributed by atoms with Crippen molar-refractivity contribution in [3.8, 4) is 0 Å². The van der Waals surface area contributed by atoms with Crippen LogP contribution in [0.2, 0.25) is 0 Å². The fourth-order valence-electron chi connectivity index (χ4n) is 2.00. The van der Waals surface area contributed by atoms with Gasteiger partial charge in [-0.15, -0.1) is 0 Å². The molecule has 18 heavy (non-hydrogen) atoms. The van der Waals surface area contributed by atoms with Crippen molar-refractivity contribution < 1.29 is 19.7 Å². The van der Waals surface area contributed by atoms with Crippen LogP contribution in [-0.4, -0.2) is 22.3 Å². The number of carbonyl (C=O) groups is 1. The van der Waals surface area contributed by atoms with Crippen LogP contribution in [0.15, 0.2) is 41.9 Å². The number of aliphatic hydroxyl groups is 2. The van der Waals surface area contributed by atoms with Crippen LogP contribution in [0.4, 0.5) is 0 Å². The van der Waals surface area contributed by atoms with Gasteiger partial charge in [0.25, 0.3) is 0 Å². The maximum Gasteiger partial charge on any atom is 0.377 e. The van der Waals surface area contributed by atoms with Crippen LogP contribution in [0.5, 0.6) is 0 Å². The summed E-state index contributed by atoms with van der Waals surface area (Å²) in [5.41, 5.74) is 1.27. The van der Waals surface area contributed by atoms with Gasteiger partial charge < -0.3 is 14.9 Å². The summed E-state index contributed by atoms with van der Waals surface area (Å²) in [6.07, 6.45) is 2.59. The number of hydrogen-bond acceptors (Lipinski definition) is 4. The molecule has 1 aliphatic rings. The molecule has 2 N–H and O–H groups in total. The van der Waals surface area contributed by atoms with Crippen molar-refractivity contribution in [3.63, 3.8) is 0 Å². The molecule has 0 radical (unpaired) electrons. The Bertz CT molecular complexity index is 450. The van der Waals surface area contributed by atoms with Crippen LogP contribution in [0.1, 0.15) is 24.8 Å². The molecule has 96 valence electrons. The summed E-state index contributed by atoms with van der Waals surface area (Å²) in [5.74, 6) is -1.82. The fourth-order valence-corrected chi connectivity index (χ4v) is 2.00. The second-order valence-electron chi connectivity index (χ2n) is 4.36. The van der Waals surface area contributed by atoms with Crippen LogP contribution >= 0.6 is 0 Å². The average Bonchev–Trinajstić information content (AvgIpc) is 2.64. The van der Waals surface area contributed by atoms with Gasteiger partial charge in [0.05, 0.1) is 0 Å². The molecule has 0 aromatic heterocycles. The van der Waals surface area contributed by atoms with E-state index < -0.39 is 17.8 Å². The van der Waals surface area contributed by atoms with Gasteiger partial charge in [0.1, 0.15) is 0 Å². The second-order valence-corrected chi connectivity index (χ2v) is 4.36. The molecule has 0 spiro atoms. The van der Waals surface area contributed by atoms with E-state index in [1.165, 1.54) is 5.56 Å². The number of benzene rings is 1. The van der Waals surface area contributed by atoms with Crippen molar-refractivity contribution in [1.82, 2.24) is 0 Å². The van der Waals surface area contributed by atoms with Crippen molar-refractivity contribution in [2.75, 3.05) is 0 Å². The second kappa shape index (κ2) is 5.58.